The smallest absolute Gasteiger partial charge is 0.307 e. The lowest BCUT2D eigenvalue weighted by Crippen LogP contribution is -2.38. The van der Waals surface area contributed by atoms with Gasteiger partial charge in [0.1, 0.15) is 0 Å². The second-order valence-corrected chi connectivity index (χ2v) is 7.35. The Labute approximate surface area is 159 Å². The van der Waals surface area contributed by atoms with Gasteiger partial charge >= 0.3 is 5.97 Å². The molecule has 0 saturated heterocycles. The number of rotatable bonds is 5. The van der Waals surface area contributed by atoms with Crippen LogP contribution in [0, 0.1) is 0 Å². The van der Waals surface area contributed by atoms with E-state index >= 15 is 0 Å². The Hall–Kier alpha value is -2.12. The lowest BCUT2D eigenvalue weighted by atomic mass is 9.89. The lowest BCUT2D eigenvalue weighted by Gasteiger charge is -2.29. The first-order chi connectivity index (χ1) is 12.3. The molecule has 0 radical (unpaired) electrons. The highest BCUT2D eigenvalue weighted by Gasteiger charge is 2.43. The summed E-state index contributed by atoms with van der Waals surface area (Å²) in [4.78, 5) is 38.0. The Bertz CT molecular complexity index is 854. The summed E-state index contributed by atoms with van der Waals surface area (Å²) in [6, 6.07) is 1.27. The van der Waals surface area contributed by atoms with Crippen LogP contribution in [-0.4, -0.2) is 40.3 Å². The molecular weight excluding hydrogens is 378 g/mol. The SMILES string of the molecule is CCOc1cc(C(=O)N2C(C)=C(CC(=O)O)C3=C(Cl)C(=O)CCC32)cs1. The van der Waals surface area contributed by atoms with Gasteiger partial charge in [-0.1, -0.05) is 11.6 Å². The van der Waals surface area contributed by atoms with E-state index in [0.29, 0.717) is 40.5 Å². The summed E-state index contributed by atoms with van der Waals surface area (Å²) in [5.74, 6) is -1.49. The van der Waals surface area contributed by atoms with E-state index in [1.165, 1.54) is 11.3 Å². The van der Waals surface area contributed by atoms with E-state index in [-0.39, 0.29) is 29.6 Å². The molecule has 1 aliphatic carbocycles. The van der Waals surface area contributed by atoms with E-state index in [1.807, 2.05) is 6.92 Å². The van der Waals surface area contributed by atoms with E-state index in [0.717, 1.165) is 0 Å². The molecule has 0 fully saturated rings. The quantitative estimate of drug-likeness (QED) is 0.823. The molecule has 26 heavy (non-hydrogen) atoms. The van der Waals surface area contributed by atoms with Crippen molar-refractivity contribution in [3.8, 4) is 5.06 Å². The largest absolute Gasteiger partial charge is 0.484 e. The highest BCUT2D eigenvalue weighted by atomic mass is 35.5. The number of halogens is 1. The Kier molecular flexibility index (Phi) is 5.20. The molecule has 3 rings (SSSR count). The minimum Gasteiger partial charge on any atom is -0.484 e. The molecule has 2 aliphatic rings. The molecule has 1 unspecified atom stereocenters. The van der Waals surface area contributed by atoms with Crippen molar-refractivity contribution in [2.24, 2.45) is 0 Å². The predicted molar refractivity (Wildman–Crippen MR) is 97.5 cm³/mol. The summed E-state index contributed by atoms with van der Waals surface area (Å²) >= 11 is 7.55. The number of hydrogen-bond donors (Lipinski definition) is 1. The van der Waals surface area contributed by atoms with Gasteiger partial charge in [-0.2, -0.15) is 0 Å². The van der Waals surface area contributed by atoms with Gasteiger partial charge in [-0.05, 0) is 25.8 Å². The normalized spacial score (nSPS) is 19.9. The van der Waals surface area contributed by atoms with Crippen LogP contribution in [0.1, 0.15) is 43.5 Å². The van der Waals surface area contributed by atoms with Crippen LogP contribution >= 0.6 is 22.9 Å². The molecule has 6 nitrogen and oxygen atoms in total. The number of carboxylic acids is 1. The molecule has 1 amide bonds. The number of allylic oxidation sites excluding steroid dienone is 2. The number of thiophene rings is 1. The van der Waals surface area contributed by atoms with Crippen LogP contribution in [0.5, 0.6) is 5.06 Å². The molecule has 1 aromatic rings. The monoisotopic (exact) mass is 395 g/mol. The fraction of sp³-hybridized carbons (Fsp3) is 0.389. The third-order valence-electron chi connectivity index (χ3n) is 4.55. The molecule has 0 spiro atoms. The minimum absolute atomic E-state index is 0.0486. The average molecular weight is 396 g/mol. The summed E-state index contributed by atoms with van der Waals surface area (Å²) < 4.78 is 5.42. The van der Waals surface area contributed by atoms with Crippen LogP contribution in [0.15, 0.2) is 33.3 Å². The number of Topliss-reactive ketones (excluding diaryl/α,β-unsaturated/α-hetero) is 1. The Morgan fingerprint density at radius 2 is 2.19 bits per heavy atom. The van der Waals surface area contributed by atoms with Crippen molar-refractivity contribution in [2.75, 3.05) is 6.61 Å². The molecule has 2 heterocycles. The van der Waals surface area contributed by atoms with Crippen LogP contribution in [0.3, 0.4) is 0 Å². The summed E-state index contributed by atoms with van der Waals surface area (Å²) in [5, 5.41) is 11.6. The molecule has 8 heteroatoms. The van der Waals surface area contributed by atoms with Gasteiger partial charge in [-0.25, -0.2) is 0 Å². The number of ether oxygens (including phenoxy) is 1. The fourth-order valence-corrected chi connectivity index (χ4v) is 4.57. The first-order valence-corrected chi connectivity index (χ1v) is 9.50. The molecular formula is C18H18ClNO5S. The average Bonchev–Trinajstić information content (AvgIpc) is 3.15. The van der Waals surface area contributed by atoms with Crippen molar-refractivity contribution >= 4 is 40.6 Å². The Balaban J connectivity index is 2.03. The maximum atomic E-state index is 13.1. The van der Waals surface area contributed by atoms with Crippen molar-refractivity contribution in [2.45, 2.75) is 39.2 Å². The highest BCUT2D eigenvalue weighted by molar-refractivity contribution is 7.12. The number of ketones is 1. The molecule has 1 atom stereocenters. The zero-order valence-corrected chi connectivity index (χ0v) is 15.9. The number of aliphatic carboxylic acids is 1. The number of amides is 1. The van der Waals surface area contributed by atoms with Crippen molar-refractivity contribution in [1.82, 2.24) is 4.90 Å². The highest BCUT2D eigenvalue weighted by Crippen LogP contribution is 2.44. The summed E-state index contributed by atoms with van der Waals surface area (Å²) in [6.45, 7) is 4.07. The molecule has 1 aromatic heterocycles. The fourth-order valence-electron chi connectivity index (χ4n) is 3.44. The van der Waals surface area contributed by atoms with Gasteiger partial charge in [0.15, 0.2) is 10.8 Å². The number of fused-ring (bicyclic) bond motifs is 1. The van der Waals surface area contributed by atoms with Crippen molar-refractivity contribution in [1.29, 1.82) is 0 Å². The third-order valence-corrected chi connectivity index (χ3v) is 5.80. The molecule has 0 aromatic carbocycles. The van der Waals surface area contributed by atoms with Crippen molar-refractivity contribution in [3.63, 3.8) is 0 Å². The zero-order chi connectivity index (χ0) is 19.0. The molecule has 0 bridgehead atoms. The van der Waals surface area contributed by atoms with Gasteiger partial charge in [-0.3, -0.25) is 14.4 Å². The van der Waals surface area contributed by atoms with Crippen LogP contribution in [0.25, 0.3) is 0 Å². The lowest BCUT2D eigenvalue weighted by molar-refractivity contribution is -0.136. The van der Waals surface area contributed by atoms with Gasteiger partial charge in [-0.15, -0.1) is 11.3 Å². The number of carboxylic acid groups (broad SMARTS) is 1. The van der Waals surface area contributed by atoms with Crippen molar-refractivity contribution in [3.05, 3.63) is 38.9 Å². The second kappa shape index (κ2) is 7.25. The van der Waals surface area contributed by atoms with E-state index in [4.69, 9.17) is 16.3 Å². The molecule has 138 valence electrons. The number of carbonyl (C=O) groups excluding carboxylic acids is 2. The van der Waals surface area contributed by atoms with Crippen molar-refractivity contribution < 1.29 is 24.2 Å². The van der Waals surface area contributed by atoms with Crippen LogP contribution < -0.4 is 4.74 Å². The van der Waals surface area contributed by atoms with Gasteiger partial charge in [0, 0.05) is 29.1 Å². The Morgan fingerprint density at radius 1 is 1.46 bits per heavy atom. The summed E-state index contributed by atoms with van der Waals surface area (Å²) in [6.07, 6.45) is 0.385. The Morgan fingerprint density at radius 3 is 2.85 bits per heavy atom. The van der Waals surface area contributed by atoms with Crippen LogP contribution in [-0.2, 0) is 9.59 Å². The number of carbonyl (C=O) groups is 3. The maximum absolute atomic E-state index is 13.1. The topological polar surface area (TPSA) is 83.9 Å². The molecule has 0 saturated carbocycles. The maximum Gasteiger partial charge on any atom is 0.307 e. The third kappa shape index (κ3) is 3.17. The standard InChI is InChI=1S/C18H18ClNO5S/c1-3-25-15-6-10(8-26-15)18(24)20-9(2)11(7-14(22)23)16-12(20)4-5-13(21)17(16)19/h6,8,12H,3-5,7H2,1-2H3,(H,22,23). The summed E-state index contributed by atoms with van der Waals surface area (Å²) in [5.41, 5.74) is 1.95. The zero-order valence-electron chi connectivity index (χ0n) is 14.4. The van der Waals surface area contributed by atoms with Gasteiger partial charge in [0.25, 0.3) is 5.91 Å². The van der Waals surface area contributed by atoms with E-state index < -0.39 is 12.0 Å². The first kappa shape index (κ1) is 18.7. The van der Waals surface area contributed by atoms with Crippen LogP contribution in [0.2, 0.25) is 0 Å². The molecule has 1 aliphatic heterocycles. The van der Waals surface area contributed by atoms with Gasteiger partial charge in [0.2, 0.25) is 0 Å². The molecule has 1 N–H and O–H groups in total. The van der Waals surface area contributed by atoms with Gasteiger partial charge in [0.05, 0.1) is 29.7 Å². The van der Waals surface area contributed by atoms with E-state index in [2.05, 4.69) is 0 Å². The number of nitrogens with zero attached hydrogens (tertiary/aromatic N) is 1. The second-order valence-electron chi connectivity index (χ2n) is 6.10. The van der Waals surface area contributed by atoms with Crippen LogP contribution in [0.4, 0.5) is 0 Å². The van der Waals surface area contributed by atoms with E-state index in [9.17, 15) is 19.5 Å². The minimum atomic E-state index is -1.03. The van der Waals surface area contributed by atoms with Gasteiger partial charge < -0.3 is 14.7 Å². The number of hydrogen-bond acceptors (Lipinski definition) is 5. The predicted octanol–water partition coefficient (Wildman–Crippen LogP) is 3.58. The first-order valence-electron chi connectivity index (χ1n) is 8.24. The van der Waals surface area contributed by atoms with E-state index in [1.54, 1.807) is 23.3 Å². The summed E-state index contributed by atoms with van der Waals surface area (Å²) in [7, 11) is 0.